The fourth-order valence-electron chi connectivity index (χ4n) is 3.20. The first-order chi connectivity index (χ1) is 12.2. The second-order valence-corrected chi connectivity index (χ2v) is 8.81. The molecule has 1 aliphatic heterocycles. The zero-order valence-corrected chi connectivity index (χ0v) is 16.8. The molecule has 0 saturated carbocycles. The highest BCUT2D eigenvalue weighted by molar-refractivity contribution is 6.33. The van der Waals surface area contributed by atoms with Crippen LogP contribution in [0.5, 0.6) is 0 Å². The van der Waals surface area contributed by atoms with E-state index in [0.717, 1.165) is 16.8 Å². The van der Waals surface area contributed by atoms with Gasteiger partial charge in [-0.2, -0.15) is 0 Å². The second kappa shape index (κ2) is 6.83. The van der Waals surface area contributed by atoms with Gasteiger partial charge in [-0.25, -0.2) is 9.59 Å². The van der Waals surface area contributed by atoms with Gasteiger partial charge in [0.05, 0.1) is 10.6 Å². The summed E-state index contributed by atoms with van der Waals surface area (Å²) in [5, 5.41) is 20.4. The van der Waals surface area contributed by atoms with Crippen molar-refractivity contribution in [2.45, 2.75) is 52.4 Å². The number of pyridine rings is 1. The topological polar surface area (TPSA) is 109 Å². The minimum Gasteiger partial charge on any atom is -0.478 e. The molecule has 27 heavy (non-hydrogen) atoms. The molecule has 1 fully saturated rings. The van der Waals surface area contributed by atoms with Crippen molar-refractivity contribution in [3.63, 3.8) is 0 Å². The predicted octanol–water partition coefficient (Wildman–Crippen LogP) is 2.51. The molecule has 1 amide bonds. The lowest BCUT2D eigenvalue weighted by atomic mass is 9.75. The lowest BCUT2D eigenvalue weighted by Gasteiger charge is -2.50. The van der Waals surface area contributed by atoms with Crippen molar-refractivity contribution in [3.05, 3.63) is 33.2 Å². The number of carbonyl (C=O) groups excluding carboxylic acids is 1. The van der Waals surface area contributed by atoms with Gasteiger partial charge in [0, 0.05) is 37.2 Å². The van der Waals surface area contributed by atoms with E-state index in [1.807, 2.05) is 0 Å². The van der Waals surface area contributed by atoms with Crippen molar-refractivity contribution < 1.29 is 24.5 Å². The molecule has 0 aliphatic carbocycles. The van der Waals surface area contributed by atoms with Crippen LogP contribution in [0.25, 0.3) is 0 Å². The van der Waals surface area contributed by atoms with E-state index < -0.39 is 34.4 Å². The monoisotopic (exact) mass is 400 g/mol. The number of piperidine rings is 1. The van der Waals surface area contributed by atoms with Gasteiger partial charge in [-0.3, -0.25) is 9.36 Å². The lowest BCUT2D eigenvalue weighted by molar-refractivity contribution is -0.176. The van der Waals surface area contributed by atoms with Gasteiger partial charge in [0.1, 0.15) is 5.60 Å². The summed E-state index contributed by atoms with van der Waals surface area (Å²) in [6.07, 6.45) is 0.574. The van der Waals surface area contributed by atoms with Gasteiger partial charge in [-0.15, -0.1) is 0 Å². The standard InChI is InChI=1S/C18H25ClN2O6/c1-16(2,3)27-15(25)20-7-6-18(26,17(4,5)10-20)21-9-11(14(23)24)12(19)8-13(21)22/h8-9,26H,6-7,10H2,1-5H3,(H,23,24). The normalized spacial score (nSPS) is 22.4. The van der Waals surface area contributed by atoms with Gasteiger partial charge in [-0.05, 0) is 20.8 Å². The quantitative estimate of drug-likeness (QED) is 0.789. The van der Waals surface area contributed by atoms with E-state index in [0.29, 0.717) is 0 Å². The highest BCUT2D eigenvalue weighted by Gasteiger charge is 2.51. The van der Waals surface area contributed by atoms with Crippen LogP contribution in [0.15, 0.2) is 17.1 Å². The Balaban J connectivity index is 2.40. The number of nitrogens with zero attached hydrogens (tertiary/aromatic N) is 2. The fraction of sp³-hybridized carbons (Fsp3) is 0.611. The largest absolute Gasteiger partial charge is 0.478 e. The average Bonchev–Trinajstić information content (AvgIpc) is 2.47. The first-order valence-electron chi connectivity index (χ1n) is 8.54. The van der Waals surface area contributed by atoms with Crippen LogP contribution in [0, 0.1) is 5.41 Å². The van der Waals surface area contributed by atoms with Crippen LogP contribution in [0.2, 0.25) is 5.02 Å². The zero-order chi connectivity index (χ0) is 20.8. The molecule has 1 atom stereocenters. The van der Waals surface area contributed by atoms with Gasteiger partial charge < -0.3 is 19.8 Å². The van der Waals surface area contributed by atoms with Crippen LogP contribution < -0.4 is 5.56 Å². The number of carbonyl (C=O) groups is 2. The molecular formula is C18H25ClN2O6. The lowest BCUT2D eigenvalue weighted by Crippen LogP contribution is -2.61. The van der Waals surface area contributed by atoms with Gasteiger partial charge in [0.15, 0.2) is 5.72 Å². The van der Waals surface area contributed by atoms with E-state index in [4.69, 9.17) is 16.3 Å². The summed E-state index contributed by atoms with van der Waals surface area (Å²) in [5.74, 6) is -1.30. The van der Waals surface area contributed by atoms with E-state index in [2.05, 4.69) is 0 Å². The van der Waals surface area contributed by atoms with Crippen LogP contribution >= 0.6 is 11.6 Å². The molecule has 1 unspecified atom stereocenters. The third-order valence-corrected chi connectivity index (χ3v) is 5.00. The maximum atomic E-state index is 12.4. The van der Waals surface area contributed by atoms with E-state index in [-0.39, 0.29) is 30.1 Å². The number of hydrogen-bond acceptors (Lipinski definition) is 5. The molecule has 0 aromatic carbocycles. The van der Waals surface area contributed by atoms with Crippen LogP contribution in [0.3, 0.4) is 0 Å². The number of rotatable bonds is 2. The zero-order valence-electron chi connectivity index (χ0n) is 16.1. The van der Waals surface area contributed by atoms with E-state index in [9.17, 15) is 24.6 Å². The SMILES string of the molecule is CC(C)(C)OC(=O)N1CCC(O)(n2cc(C(=O)O)c(Cl)cc2=O)C(C)(C)C1. The minimum absolute atomic E-state index is 0.0276. The number of carboxylic acids is 1. The Morgan fingerprint density at radius 3 is 2.37 bits per heavy atom. The summed E-state index contributed by atoms with van der Waals surface area (Å²) in [6, 6.07) is 0.972. The van der Waals surface area contributed by atoms with Crippen LogP contribution in [-0.2, 0) is 10.5 Å². The first-order valence-corrected chi connectivity index (χ1v) is 8.92. The third-order valence-electron chi connectivity index (χ3n) is 4.68. The number of aliphatic hydroxyl groups is 1. The van der Waals surface area contributed by atoms with E-state index in [1.165, 1.54) is 4.90 Å². The number of halogens is 1. The number of aromatic nitrogens is 1. The van der Waals surface area contributed by atoms with Crippen LogP contribution in [-0.4, -0.2) is 50.4 Å². The predicted molar refractivity (Wildman–Crippen MR) is 99.1 cm³/mol. The number of ether oxygens (including phenoxy) is 1. The second-order valence-electron chi connectivity index (χ2n) is 8.40. The molecule has 1 saturated heterocycles. The molecule has 1 aromatic rings. The van der Waals surface area contributed by atoms with Crippen molar-refractivity contribution in [2.75, 3.05) is 13.1 Å². The van der Waals surface area contributed by atoms with Gasteiger partial charge in [0.2, 0.25) is 0 Å². The van der Waals surface area contributed by atoms with Gasteiger partial charge in [-0.1, -0.05) is 25.4 Å². The highest BCUT2D eigenvalue weighted by Crippen LogP contribution is 2.42. The molecule has 9 heteroatoms. The summed E-state index contributed by atoms with van der Waals surface area (Å²) in [4.78, 5) is 37.6. The van der Waals surface area contributed by atoms with Crippen molar-refractivity contribution in [1.82, 2.24) is 9.47 Å². The smallest absolute Gasteiger partial charge is 0.410 e. The van der Waals surface area contributed by atoms with Crippen molar-refractivity contribution >= 4 is 23.7 Å². The molecule has 1 aliphatic rings. The number of amides is 1. The minimum atomic E-state index is -1.70. The maximum absolute atomic E-state index is 12.4. The Hall–Kier alpha value is -2.06. The molecule has 1 aromatic heterocycles. The molecule has 2 rings (SSSR count). The van der Waals surface area contributed by atoms with Crippen molar-refractivity contribution in [1.29, 1.82) is 0 Å². The molecule has 0 spiro atoms. The molecular weight excluding hydrogens is 376 g/mol. The molecule has 2 heterocycles. The molecule has 0 bridgehead atoms. The summed E-state index contributed by atoms with van der Waals surface area (Å²) >= 11 is 5.83. The summed E-state index contributed by atoms with van der Waals surface area (Å²) in [7, 11) is 0. The Morgan fingerprint density at radius 1 is 1.30 bits per heavy atom. The van der Waals surface area contributed by atoms with Gasteiger partial charge in [0.25, 0.3) is 5.56 Å². The summed E-state index contributed by atoms with van der Waals surface area (Å²) in [6.45, 7) is 8.95. The molecule has 150 valence electrons. The number of hydrogen-bond donors (Lipinski definition) is 2. The maximum Gasteiger partial charge on any atom is 0.410 e. The Kier molecular flexibility index (Phi) is 5.38. The molecule has 2 N–H and O–H groups in total. The fourth-order valence-corrected chi connectivity index (χ4v) is 3.42. The Bertz CT molecular complexity index is 826. The third kappa shape index (κ3) is 4.11. The Morgan fingerprint density at radius 2 is 1.89 bits per heavy atom. The summed E-state index contributed by atoms with van der Waals surface area (Å²) < 4.78 is 6.37. The Labute approximate surface area is 162 Å². The van der Waals surface area contributed by atoms with Crippen LogP contribution in [0.1, 0.15) is 51.4 Å². The highest BCUT2D eigenvalue weighted by atomic mass is 35.5. The molecule has 8 nitrogen and oxygen atoms in total. The van der Waals surface area contributed by atoms with Crippen LogP contribution in [0.4, 0.5) is 4.79 Å². The summed E-state index contributed by atoms with van der Waals surface area (Å²) in [5.41, 5.74) is -4.22. The number of carboxylic acid groups (broad SMARTS) is 1. The number of aromatic carboxylic acids is 1. The van der Waals surface area contributed by atoms with Crippen molar-refractivity contribution in [3.8, 4) is 0 Å². The van der Waals surface area contributed by atoms with Crippen molar-refractivity contribution in [2.24, 2.45) is 5.41 Å². The number of likely N-dealkylation sites (tertiary alicyclic amines) is 1. The average molecular weight is 401 g/mol. The van der Waals surface area contributed by atoms with E-state index in [1.54, 1.807) is 34.6 Å². The first kappa shape index (κ1) is 21.2. The van der Waals surface area contributed by atoms with Gasteiger partial charge >= 0.3 is 12.1 Å². The van der Waals surface area contributed by atoms with E-state index >= 15 is 0 Å². The molecule has 0 radical (unpaired) electrons.